The fourth-order valence-corrected chi connectivity index (χ4v) is 9.67. The van der Waals surface area contributed by atoms with E-state index in [0.717, 1.165) is 42.9 Å². The second kappa shape index (κ2) is 8.62. The second-order valence-electron chi connectivity index (χ2n) is 12.1. The van der Waals surface area contributed by atoms with Crippen molar-refractivity contribution in [3.63, 3.8) is 0 Å². The van der Waals surface area contributed by atoms with Crippen LogP contribution in [0.5, 0.6) is 0 Å². The molecule has 1 aromatic heterocycles. The van der Waals surface area contributed by atoms with E-state index in [1.165, 1.54) is 61.9 Å². The summed E-state index contributed by atoms with van der Waals surface area (Å²) in [6.45, 7) is 9.15. The van der Waals surface area contributed by atoms with Crippen LogP contribution in [0.15, 0.2) is 6.08 Å². The number of rotatable bonds is 4. The predicted molar refractivity (Wildman–Crippen MR) is 137 cm³/mol. The van der Waals surface area contributed by atoms with Crippen LogP contribution in [0.3, 0.4) is 0 Å². The van der Waals surface area contributed by atoms with Gasteiger partial charge in [0.05, 0.1) is 10.6 Å². The summed E-state index contributed by atoms with van der Waals surface area (Å²) in [6, 6.07) is 0. The highest BCUT2D eigenvalue weighted by Crippen LogP contribution is 2.66. The van der Waals surface area contributed by atoms with Gasteiger partial charge in [-0.3, -0.25) is 10.2 Å². The number of nitrogens with zero attached hydrogens (tertiary/aromatic N) is 2. The zero-order valence-corrected chi connectivity index (χ0v) is 22.0. The molecule has 3 fully saturated rings. The van der Waals surface area contributed by atoms with Crippen molar-refractivity contribution in [3.8, 4) is 0 Å². The highest BCUT2D eigenvalue weighted by molar-refractivity contribution is 7.16. The Morgan fingerprint density at radius 2 is 2.00 bits per heavy atom. The molecule has 1 aromatic rings. The number of fused-ring (bicyclic) bond motifs is 7. The van der Waals surface area contributed by atoms with Crippen LogP contribution >= 0.6 is 11.3 Å². The van der Waals surface area contributed by atoms with E-state index >= 15 is 0 Å². The van der Waals surface area contributed by atoms with Crippen LogP contribution < -0.4 is 5.43 Å². The van der Waals surface area contributed by atoms with Gasteiger partial charge in [0, 0.05) is 24.9 Å². The normalized spacial score (nSPS) is 39.3. The van der Waals surface area contributed by atoms with E-state index in [2.05, 4.69) is 30.4 Å². The third kappa shape index (κ3) is 3.57. The van der Waals surface area contributed by atoms with Gasteiger partial charge in [-0.25, -0.2) is 9.99 Å². The van der Waals surface area contributed by atoms with Crippen LogP contribution in [0.1, 0.15) is 95.6 Å². The fourth-order valence-electron chi connectivity index (χ4n) is 8.45. The van der Waals surface area contributed by atoms with Crippen molar-refractivity contribution in [2.75, 3.05) is 18.5 Å². The van der Waals surface area contributed by atoms with E-state index in [1.54, 1.807) is 5.57 Å². The van der Waals surface area contributed by atoms with Crippen LogP contribution in [0.4, 0.5) is 5.13 Å². The first-order valence-corrected chi connectivity index (χ1v) is 14.7. The van der Waals surface area contributed by atoms with Gasteiger partial charge in [-0.15, -0.1) is 0 Å². The van der Waals surface area contributed by atoms with Crippen LogP contribution in [-0.4, -0.2) is 35.2 Å². The van der Waals surface area contributed by atoms with E-state index in [0.29, 0.717) is 12.3 Å². The van der Waals surface area contributed by atoms with Crippen molar-refractivity contribution in [1.82, 2.24) is 9.99 Å². The van der Waals surface area contributed by atoms with Crippen LogP contribution in [-0.2, 0) is 16.0 Å². The number of ether oxygens (including phenoxy) is 1. The molecule has 34 heavy (non-hydrogen) atoms. The third-order valence-corrected chi connectivity index (χ3v) is 11.4. The minimum absolute atomic E-state index is 0.0224. The summed E-state index contributed by atoms with van der Waals surface area (Å²) >= 11 is 1.89. The number of aryl methyl sites for hydroxylation is 1. The average Bonchev–Trinajstić information content (AvgIpc) is 3.39. The Labute approximate surface area is 208 Å². The Kier molecular flexibility index (Phi) is 5.84. The van der Waals surface area contributed by atoms with Crippen molar-refractivity contribution in [1.29, 1.82) is 0 Å². The first-order valence-electron chi connectivity index (χ1n) is 13.8. The molecule has 1 saturated heterocycles. The number of aromatic nitrogens is 1. The molecule has 6 rings (SSSR count). The number of hydrazine groups is 1. The van der Waals surface area contributed by atoms with Gasteiger partial charge in [-0.2, -0.15) is 0 Å². The second-order valence-corrected chi connectivity index (χ2v) is 13.1. The number of thiazole rings is 1. The maximum atomic E-state index is 12.1. The minimum Gasteiger partial charge on any atom is -0.462 e. The molecule has 0 spiro atoms. The van der Waals surface area contributed by atoms with Crippen molar-refractivity contribution in [3.05, 3.63) is 16.6 Å². The lowest BCUT2D eigenvalue weighted by Crippen LogP contribution is -2.50. The highest BCUT2D eigenvalue weighted by Gasteiger charge is 2.60. The smallest absolute Gasteiger partial charge is 0.305 e. The lowest BCUT2D eigenvalue weighted by Gasteiger charge is -2.56. The van der Waals surface area contributed by atoms with Gasteiger partial charge in [0.2, 0.25) is 0 Å². The van der Waals surface area contributed by atoms with Gasteiger partial charge in [-0.05, 0) is 86.5 Å². The molecule has 2 heterocycles. The average molecular weight is 484 g/mol. The Bertz CT molecular complexity index is 982. The van der Waals surface area contributed by atoms with Gasteiger partial charge in [0.1, 0.15) is 6.10 Å². The van der Waals surface area contributed by atoms with Crippen LogP contribution in [0.2, 0.25) is 0 Å². The Hall–Kier alpha value is -1.40. The van der Waals surface area contributed by atoms with Gasteiger partial charge in [-0.1, -0.05) is 44.6 Å². The van der Waals surface area contributed by atoms with E-state index in [1.807, 2.05) is 18.3 Å². The molecule has 0 bridgehead atoms. The Morgan fingerprint density at radius 3 is 2.79 bits per heavy atom. The number of nitrogens with one attached hydrogen (secondary N) is 1. The molecule has 0 aromatic carbocycles. The molecule has 5 nitrogen and oxygen atoms in total. The van der Waals surface area contributed by atoms with E-state index < -0.39 is 0 Å². The summed E-state index contributed by atoms with van der Waals surface area (Å²) in [4.78, 5) is 18.6. The lowest BCUT2D eigenvalue weighted by atomic mass is 9.48. The van der Waals surface area contributed by atoms with E-state index in [-0.39, 0.29) is 22.9 Å². The number of anilines is 1. The van der Waals surface area contributed by atoms with Crippen molar-refractivity contribution in [2.24, 2.45) is 28.6 Å². The SMILES string of the molecule is CCC(=O)O[C@H]1CC[C@H]2[C@@H]3CC=C4c5sc(NN6CCCCC6)nc5CC[C@]4(C)[C@H]3CC[C@]12C. The molecule has 5 aliphatic rings. The number of piperidine rings is 1. The molecule has 6 atom stereocenters. The topological polar surface area (TPSA) is 54.5 Å². The summed E-state index contributed by atoms with van der Waals surface area (Å²) in [6.07, 6.45) is 15.3. The summed E-state index contributed by atoms with van der Waals surface area (Å²) in [7, 11) is 0. The fraction of sp³-hybridized carbons (Fsp3) is 0.786. The molecule has 1 N–H and O–H groups in total. The van der Waals surface area contributed by atoms with Gasteiger partial charge < -0.3 is 4.74 Å². The quantitative estimate of drug-likeness (QED) is 0.498. The minimum atomic E-state index is -0.0224. The number of hydrogen-bond donors (Lipinski definition) is 1. The zero-order valence-electron chi connectivity index (χ0n) is 21.2. The summed E-state index contributed by atoms with van der Waals surface area (Å²) < 4.78 is 5.98. The maximum absolute atomic E-state index is 12.1. The van der Waals surface area contributed by atoms with E-state index in [9.17, 15) is 4.79 Å². The summed E-state index contributed by atoms with van der Waals surface area (Å²) in [5, 5.41) is 3.45. The van der Waals surface area contributed by atoms with Crippen molar-refractivity contribution in [2.45, 2.75) is 97.5 Å². The largest absolute Gasteiger partial charge is 0.462 e. The lowest BCUT2D eigenvalue weighted by molar-refractivity contribution is -0.158. The molecule has 2 saturated carbocycles. The van der Waals surface area contributed by atoms with Gasteiger partial charge in [0.15, 0.2) is 5.13 Å². The molecule has 6 heteroatoms. The van der Waals surface area contributed by atoms with Crippen molar-refractivity contribution < 1.29 is 9.53 Å². The van der Waals surface area contributed by atoms with Crippen LogP contribution in [0, 0.1) is 28.6 Å². The third-order valence-electron chi connectivity index (χ3n) is 10.4. The molecular weight excluding hydrogens is 442 g/mol. The number of carbonyl (C=O) groups excluding carboxylic acids is 1. The first-order chi connectivity index (χ1) is 16.4. The number of esters is 1. The number of carbonyl (C=O) groups is 1. The van der Waals surface area contributed by atoms with Gasteiger partial charge in [0.25, 0.3) is 0 Å². The van der Waals surface area contributed by atoms with Crippen molar-refractivity contribution >= 4 is 28.0 Å². The Morgan fingerprint density at radius 1 is 1.18 bits per heavy atom. The monoisotopic (exact) mass is 483 g/mol. The summed E-state index contributed by atoms with van der Waals surface area (Å²) in [5.41, 5.74) is 6.96. The molecule has 1 aliphatic heterocycles. The standard InChI is InChI=1S/C28H41N3O2S/c1-4-24(32)33-23-11-10-19-18-8-9-21-25-22(29-26(34-25)30-31-16-6-5-7-17-31)13-15-27(21,2)20(18)12-14-28(19,23)3/h9,18-20,23H,4-8,10-17H2,1-3H3,(H,29,30)/t18-,19-,20-,23-,27+,28-/m0/s1. The van der Waals surface area contributed by atoms with E-state index in [4.69, 9.17) is 9.72 Å². The molecule has 4 aliphatic carbocycles. The number of allylic oxidation sites excluding steroid dienone is 2. The molecular formula is C28H41N3O2S. The zero-order chi connectivity index (χ0) is 23.5. The maximum Gasteiger partial charge on any atom is 0.305 e. The summed E-state index contributed by atoms with van der Waals surface area (Å²) in [5.74, 6) is 2.11. The van der Waals surface area contributed by atoms with Gasteiger partial charge >= 0.3 is 5.97 Å². The first kappa shape index (κ1) is 23.0. The predicted octanol–water partition coefficient (Wildman–Crippen LogP) is 6.46. The Balaban J connectivity index is 1.25. The highest BCUT2D eigenvalue weighted by atomic mass is 32.1. The molecule has 0 amide bonds. The molecule has 186 valence electrons. The molecule has 0 unspecified atom stereocenters. The van der Waals surface area contributed by atoms with Crippen LogP contribution in [0.25, 0.3) is 5.57 Å². The molecule has 0 radical (unpaired) electrons. The number of hydrogen-bond acceptors (Lipinski definition) is 6.